The van der Waals surface area contributed by atoms with E-state index in [0.717, 1.165) is 0 Å². The number of nitrogen functional groups attached to an aromatic ring is 1. The van der Waals surface area contributed by atoms with Crippen molar-refractivity contribution in [2.24, 2.45) is 0 Å². The van der Waals surface area contributed by atoms with Gasteiger partial charge in [0.1, 0.15) is 17.6 Å². The van der Waals surface area contributed by atoms with E-state index < -0.39 is 23.6 Å². The van der Waals surface area contributed by atoms with E-state index in [1.165, 1.54) is 16.8 Å². The van der Waals surface area contributed by atoms with E-state index in [2.05, 4.69) is 4.98 Å². The average molecular weight is 255 g/mol. The summed E-state index contributed by atoms with van der Waals surface area (Å²) >= 11 is 0. The van der Waals surface area contributed by atoms with E-state index in [1.807, 2.05) is 6.92 Å². The Kier molecular flexibility index (Phi) is 3.38. The summed E-state index contributed by atoms with van der Waals surface area (Å²) in [5, 5.41) is 19.3. The van der Waals surface area contributed by atoms with Gasteiger partial charge < -0.3 is 20.7 Å². The van der Waals surface area contributed by atoms with Crippen LogP contribution in [0.15, 0.2) is 17.1 Å². The summed E-state index contributed by atoms with van der Waals surface area (Å²) < 4.78 is 6.92. The SMILES string of the molecule is CC[C@]1(CO)O[C@@H](n2ccc(N)nc2=O)C[C@@H]1O. The Bertz CT molecular complexity index is 483. The van der Waals surface area contributed by atoms with Gasteiger partial charge in [0.05, 0.1) is 12.7 Å². The summed E-state index contributed by atoms with van der Waals surface area (Å²) in [4.78, 5) is 15.3. The predicted molar refractivity (Wildman–Crippen MR) is 63.8 cm³/mol. The Morgan fingerprint density at radius 2 is 2.44 bits per heavy atom. The molecule has 7 heteroatoms. The molecule has 0 radical (unpaired) electrons. The van der Waals surface area contributed by atoms with Crippen LogP contribution in [0.3, 0.4) is 0 Å². The number of aliphatic hydroxyl groups excluding tert-OH is 2. The summed E-state index contributed by atoms with van der Waals surface area (Å²) in [6, 6.07) is 1.49. The van der Waals surface area contributed by atoms with Crippen LogP contribution in [0.2, 0.25) is 0 Å². The molecule has 2 heterocycles. The molecule has 1 aliphatic rings. The topological polar surface area (TPSA) is 111 Å². The lowest BCUT2D eigenvalue weighted by atomic mass is 9.95. The second-order valence-electron chi connectivity index (χ2n) is 4.44. The van der Waals surface area contributed by atoms with Gasteiger partial charge in [-0.3, -0.25) is 4.57 Å². The van der Waals surface area contributed by atoms with E-state index in [1.54, 1.807) is 0 Å². The maximum Gasteiger partial charge on any atom is 0.351 e. The summed E-state index contributed by atoms with van der Waals surface area (Å²) in [6.07, 6.45) is 0.721. The number of anilines is 1. The molecule has 3 atom stereocenters. The smallest absolute Gasteiger partial charge is 0.351 e. The number of nitrogens with two attached hydrogens (primary N) is 1. The molecule has 4 N–H and O–H groups in total. The lowest BCUT2D eigenvalue weighted by Gasteiger charge is -2.28. The molecule has 1 saturated heterocycles. The van der Waals surface area contributed by atoms with Crippen molar-refractivity contribution in [3.8, 4) is 0 Å². The quantitative estimate of drug-likeness (QED) is 0.655. The Morgan fingerprint density at radius 1 is 1.72 bits per heavy atom. The van der Waals surface area contributed by atoms with Gasteiger partial charge in [0.15, 0.2) is 0 Å². The molecule has 1 aromatic rings. The summed E-state index contributed by atoms with van der Waals surface area (Å²) in [5.74, 6) is 0.138. The second kappa shape index (κ2) is 4.68. The number of hydrogen-bond donors (Lipinski definition) is 3. The first-order valence-electron chi connectivity index (χ1n) is 5.84. The number of nitrogens with zero attached hydrogens (tertiary/aromatic N) is 2. The van der Waals surface area contributed by atoms with Gasteiger partial charge >= 0.3 is 5.69 Å². The predicted octanol–water partition coefficient (Wildman–Crippen LogP) is -0.754. The van der Waals surface area contributed by atoms with Crippen molar-refractivity contribution in [2.45, 2.75) is 37.7 Å². The Balaban J connectivity index is 2.30. The van der Waals surface area contributed by atoms with Crippen LogP contribution in [0.5, 0.6) is 0 Å². The Labute approximate surface area is 104 Å². The maximum absolute atomic E-state index is 11.7. The van der Waals surface area contributed by atoms with Crippen LogP contribution in [0, 0.1) is 0 Å². The molecule has 0 aliphatic carbocycles. The van der Waals surface area contributed by atoms with Gasteiger partial charge in [-0.05, 0) is 12.5 Å². The molecule has 0 spiro atoms. The minimum atomic E-state index is -1.01. The highest BCUT2D eigenvalue weighted by Gasteiger charge is 2.47. The fourth-order valence-electron chi connectivity index (χ4n) is 2.19. The molecule has 2 rings (SSSR count). The first-order valence-corrected chi connectivity index (χ1v) is 5.84. The third-order valence-corrected chi connectivity index (χ3v) is 3.43. The van der Waals surface area contributed by atoms with Crippen LogP contribution in [-0.4, -0.2) is 38.1 Å². The zero-order valence-corrected chi connectivity index (χ0v) is 10.1. The first-order chi connectivity index (χ1) is 8.52. The minimum Gasteiger partial charge on any atom is -0.393 e. The van der Waals surface area contributed by atoms with E-state index in [4.69, 9.17) is 10.5 Å². The van der Waals surface area contributed by atoms with Crippen molar-refractivity contribution in [1.82, 2.24) is 9.55 Å². The van der Waals surface area contributed by atoms with Crippen LogP contribution in [-0.2, 0) is 4.74 Å². The fraction of sp³-hybridized carbons (Fsp3) is 0.636. The first kappa shape index (κ1) is 13.0. The monoisotopic (exact) mass is 255 g/mol. The summed E-state index contributed by atoms with van der Waals surface area (Å²) in [6.45, 7) is 1.52. The van der Waals surface area contributed by atoms with Gasteiger partial charge in [0.2, 0.25) is 0 Å². The largest absolute Gasteiger partial charge is 0.393 e. The molecule has 18 heavy (non-hydrogen) atoms. The van der Waals surface area contributed by atoms with E-state index in [-0.39, 0.29) is 18.8 Å². The van der Waals surface area contributed by atoms with E-state index in [0.29, 0.717) is 6.42 Å². The molecular weight excluding hydrogens is 238 g/mol. The number of aromatic nitrogens is 2. The van der Waals surface area contributed by atoms with Crippen LogP contribution in [0.4, 0.5) is 5.82 Å². The maximum atomic E-state index is 11.7. The highest BCUT2D eigenvalue weighted by Crippen LogP contribution is 2.37. The molecule has 0 saturated carbocycles. The Morgan fingerprint density at radius 3 is 2.94 bits per heavy atom. The zero-order valence-electron chi connectivity index (χ0n) is 10.1. The number of aliphatic hydroxyl groups is 2. The normalized spacial score (nSPS) is 31.7. The third kappa shape index (κ3) is 2.00. The minimum absolute atomic E-state index is 0.138. The van der Waals surface area contributed by atoms with Crippen molar-refractivity contribution in [2.75, 3.05) is 12.3 Å². The molecule has 7 nitrogen and oxygen atoms in total. The van der Waals surface area contributed by atoms with E-state index >= 15 is 0 Å². The highest BCUT2D eigenvalue weighted by molar-refractivity contribution is 5.23. The van der Waals surface area contributed by atoms with Gasteiger partial charge in [-0.1, -0.05) is 6.92 Å². The molecule has 0 aromatic carbocycles. The van der Waals surface area contributed by atoms with Gasteiger partial charge in [0.25, 0.3) is 0 Å². The van der Waals surface area contributed by atoms with Gasteiger partial charge in [-0.25, -0.2) is 4.79 Å². The lowest BCUT2D eigenvalue weighted by molar-refractivity contribution is -0.130. The van der Waals surface area contributed by atoms with Gasteiger partial charge in [-0.15, -0.1) is 0 Å². The zero-order chi connectivity index (χ0) is 13.3. The van der Waals surface area contributed by atoms with Gasteiger partial charge in [-0.2, -0.15) is 4.98 Å². The number of hydrogen-bond acceptors (Lipinski definition) is 6. The Hall–Kier alpha value is -1.44. The molecule has 100 valence electrons. The van der Waals surface area contributed by atoms with E-state index in [9.17, 15) is 15.0 Å². The summed E-state index contributed by atoms with van der Waals surface area (Å²) in [5.41, 5.74) is 3.87. The second-order valence-corrected chi connectivity index (χ2v) is 4.44. The molecule has 0 unspecified atom stereocenters. The number of ether oxygens (including phenoxy) is 1. The van der Waals surface area contributed by atoms with Crippen LogP contribution < -0.4 is 11.4 Å². The third-order valence-electron chi connectivity index (χ3n) is 3.43. The fourth-order valence-corrected chi connectivity index (χ4v) is 2.19. The average Bonchev–Trinajstić information content (AvgIpc) is 2.67. The molecule has 0 amide bonds. The van der Waals surface area contributed by atoms with Crippen molar-refractivity contribution in [3.05, 3.63) is 22.7 Å². The molecule has 0 bridgehead atoms. The van der Waals surface area contributed by atoms with Crippen molar-refractivity contribution < 1.29 is 14.9 Å². The van der Waals surface area contributed by atoms with Crippen LogP contribution in [0.1, 0.15) is 26.0 Å². The molecule has 1 aliphatic heterocycles. The molecule has 1 aromatic heterocycles. The standard InChI is InChI=1S/C11H17N3O4/c1-2-11(6-15)7(16)5-9(18-11)14-4-3-8(12)13-10(14)17/h3-4,7,9,15-16H,2,5-6H2,1H3,(H2,12,13,17)/t7-,9+,11+/m0/s1. The number of rotatable bonds is 3. The molecular formula is C11H17N3O4. The van der Waals surface area contributed by atoms with Gasteiger partial charge in [0, 0.05) is 12.6 Å². The van der Waals surface area contributed by atoms with Crippen LogP contribution in [0.25, 0.3) is 0 Å². The lowest BCUT2D eigenvalue weighted by Crippen LogP contribution is -2.42. The molecule has 1 fully saturated rings. The van der Waals surface area contributed by atoms with Crippen molar-refractivity contribution in [1.29, 1.82) is 0 Å². The highest BCUT2D eigenvalue weighted by atomic mass is 16.6. The van der Waals surface area contributed by atoms with Crippen LogP contribution >= 0.6 is 0 Å². The van der Waals surface area contributed by atoms with Crippen molar-refractivity contribution in [3.63, 3.8) is 0 Å². The summed E-state index contributed by atoms with van der Waals surface area (Å²) in [7, 11) is 0. The van der Waals surface area contributed by atoms with Crippen molar-refractivity contribution >= 4 is 5.82 Å².